The van der Waals surface area contributed by atoms with Gasteiger partial charge in [0.2, 0.25) is 0 Å². The van der Waals surface area contributed by atoms with Crippen molar-refractivity contribution in [2.45, 2.75) is 3.16 Å². The molecule has 0 aliphatic heterocycles. The molecule has 0 amide bonds. The molecule has 0 spiro atoms. The maximum atomic E-state index is 10.2. The van der Waals surface area contributed by atoms with E-state index in [1.54, 1.807) is 0 Å². The molecule has 0 aromatic heterocycles. The van der Waals surface area contributed by atoms with Crippen molar-refractivity contribution in [1.82, 2.24) is 0 Å². The van der Waals surface area contributed by atoms with Gasteiger partial charge in [0.25, 0.3) is 0 Å². The first-order valence-electron chi connectivity index (χ1n) is 2.15. The van der Waals surface area contributed by atoms with Crippen molar-refractivity contribution in [2.24, 2.45) is 0 Å². The van der Waals surface area contributed by atoms with E-state index < -0.39 is 41.6 Å². The molecule has 0 heterocycles. The van der Waals surface area contributed by atoms with E-state index in [9.17, 15) is 4.79 Å². The predicted octanol–water partition coefficient (Wildman–Crippen LogP) is -1.57. The maximum absolute atomic E-state index is 10.2. The average molecular weight is 353 g/mol. The van der Waals surface area contributed by atoms with Gasteiger partial charge in [-0.15, -0.1) is 0 Å². The quantitative estimate of drug-likeness (QED) is 0.534. The molecule has 6 heteroatoms. The molecule has 0 radical (unpaired) electrons. The summed E-state index contributed by atoms with van der Waals surface area (Å²) in [6, 6.07) is 0. The normalized spacial score (nSPS) is 8.89. The van der Waals surface area contributed by atoms with Crippen LogP contribution in [0.5, 0.6) is 0 Å². The Morgan fingerprint density at radius 1 is 1.67 bits per heavy atom. The van der Waals surface area contributed by atoms with Crippen molar-refractivity contribution in [1.29, 1.82) is 0 Å². The first-order valence-corrected chi connectivity index (χ1v) is 7.33. The van der Waals surface area contributed by atoms with Crippen molar-refractivity contribution in [3.05, 3.63) is 0 Å². The topological polar surface area (TPSA) is 87.0 Å². The Hall–Kier alpha value is 0.441. The van der Waals surface area contributed by atoms with E-state index in [1.165, 1.54) is 0 Å². The zero-order chi connectivity index (χ0) is 7.28. The Morgan fingerprint density at radius 3 is 2.56 bits per heavy atom. The SMILES string of the molecule is O=[C](OCO)[Pa][CH](O)O. The van der Waals surface area contributed by atoms with Crippen LogP contribution in [0.3, 0.4) is 0 Å². The summed E-state index contributed by atoms with van der Waals surface area (Å²) in [6.45, 7) is -0.676. The molecule has 0 unspecified atom stereocenters. The average Bonchev–Trinajstić information content (AvgIpc) is 1.63. The summed E-state index contributed by atoms with van der Waals surface area (Å²) in [5.41, 5.74) is 0. The molecule has 0 saturated heterocycles. The van der Waals surface area contributed by atoms with Gasteiger partial charge in [-0.1, -0.05) is 0 Å². The molecule has 0 aromatic rings. The molecule has 3 N–H and O–H groups in total. The summed E-state index contributed by atoms with van der Waals surface area (Å²) < 4.78 is 1.94. The fraction of sp³-hybridized carbons (Fsp3) is 0.667. The van der Waals surface area contributed by atoms with Gasteiger partial charge in [0.05, 0.1) is 0 Å². The Bertz CT molecular complexity index is 92.2. The third-order valence-corrected chi connectivity index (χ3v) is 3.56. The Morgan fingerprint density at radius 2 is 2.22 bits per heavy atom. The second-order valence-corrected chi connectivity index (χ2v) is 7.01. The summed E-state index contributed by atoms with van der Waals surface area (Å²) in [6.07, 6.45) is 0. The molecule has 0 aromatic carbocycles. The van der Waals surface area contributed by atoms with Crippen molar-refractivity contribution in [2.75, 3.05) is 6.79 Å². The molecule has 0 fully saturated rings. The molecule has 9 heavy (non-hydrogen) atoms. The predicted molar refractivity (Wildman–Crippen MR) is 21.8 cm³/mol. The van der Waals surface area contributed by atoms with Crippen LogP contribution in [-0.2, 0) is 4.74 Å². The number of carbonyl (C=O) groups is 1. The standard InChI is InChI=1S/C2H3O3.CH3O2.Pa/c3-1-5-2-4;2-1-3;/h3H,1H2;1-3H;. The molecular formula is C3H6O5Pa. The number of aliphatic hydroxyl groups is 3. The molecule has 0 atom stereocenters. The number of hydrogen-bond acceptors (Lipinski definition) is 5. The minimum atomic E-state index is -2.31. The van der Waals surface area contributed by atoms with Crippen LogP contribution >= 0.6 is 0 Å². The number of hydrogen-bond donors (Lipinski definition) is 3. The van der Waals surface area contributed by atoms with Gasteiger partial charge in [0.15, 0.2) is 0 Å². The van der Waals surface area contributed by atoms with Crippen LogP contribution in [0, 0.1) is 28.8 Å². The minimum absolute atomic E-state index is 0.621. The van der Waals surface area contributed by atoms with Crippen LogP contribution in [0.4, 0.5) is 4.79 Å². The summed E-state index contributed by atoms with van der Waals surface area (Å²) in [7, 11) is 0. The van der Waals surface area contributed by atoms with E-state index in [4.69, 9.17) is 15.3 Å². The molecular weight excluding hydrogens is 347 g/mol. The van der Waals surface area contributed by atoms with Gasteiger partial charge in [0, 0.05) is 0 Å². The molecule has 0 bridgehead atoms. The summed E-state index contributed by atoms with van der Waals surface area (Å²) in [5.74, 6) is 0. The van der Waals surface area contributed by atoms with Gasteiger partial charge in [0.1, 0.15) is 0 Å². The number of ether oxygens (including phenoxy) is 1. The van der Waals surface area contributed by atoms with Crippen LogP contribution < -0.4 is 0 Å². The van der Waals surface area contributed by atoms with Gasteiger partial charge < -0.3 is 0 Å². The third kappa shape index (κ3) is 6.32. The first kappa shape index (κ1) is 9.44. The molecule has 5 nitrogen and oxygen atoms in total. The molecule has 0 saturated carbocycles. The van der Waals surface area contributed by atoms with Gasteiger partial charge in [-0.3, -0.25) is 0 Å². The zero-order valence-corrected chi connectivity index (χ0v) is 9.33. The number of aliphatic hydroxyl groups excluding tert-OH is 2. The Labute approximate surface area is 66.4 Å². The van der Waals surface area contributed by atoms with Gasteiger partial charge in [-0.2, -0.15) is 0 Å². The Balaban J connectivity index is 3.27. The van der Waals surface area contributed by atoms with Crippen LogP contribution in [0.1, 0.15) is 0 Å². The van der Waals surface area contributed by atoms with Crippen LogP contribution in [0.15, 0.2) is 0 Å². The second-order valence-electron chi connectivity index (χ2n) is 1.17. The van der Waals surface area contributed by atoms with Crippen molar-refractivity contribution in [3.8, 4) is 0 Å². The van der Waals surface area contributed by atoms with E-state index in [2.05, 4.69) is 4.74 Å². The first-order chi connectivity index (χ1) is 4.16. The molecule has 0 aliphatic carbocycles. The van der Waals surface area contributed by atoms with E-state index in [-0.39, 0.29) is 0 Å². The number of rotatable bonds is 3. The van der Waals surface area contributed by atoms with Crippen LogP contribution in [0.2, 0.25) is 0 Å². The summed E-state index contributed by atoms with van der Waals surface area (Å²) in [4.78, 5) is 10.2. The monoisotopic (exact) mass is 353 g/mol. The van der Waals surface area contributed by atoms with Crippen molar-refractivity contribution < 1.29 is 53.7 Å². The fourth-order valence-electron chi connectivity index (χ4n) is 0.233. The van der Waals surface area contributed by atoms with Gasteiger partial charge in [-0.05, 0) is 0 Å². The van der Waals surface area contributed by atoms with E-state index in [1.807, 2.05) is 0 Å². The van der Waals surface area contributed by atoms with Gasteiger partial charge in [-0.25, -0.2) is 0 Å². The van der Waals surface area contributed by atoms with Crippen LogP contribution in [0.25, 0.3) is 0 Å². The second kappa shape index (κ2) is 5.24. The summed E-state index contributed by atoms with van der Waals surface area (Å²) in [5, 5.41) is 24.4. The van der Waals surface area contributed by atoms with E-state index in [0.717, 1.165) is 0 Å². The third-order valence-electron chi connectivity index (χ3n) is 0.492. The Kier molecular flexibility index (Phi) is 5.50. The molecule has 0 aliphatic rings. The fourth-order valence-corrected chi connectivity index (χ4v) is 1.96. The summed E-state index contributed by atoms with van der Waals surface area (Å²) >= 11 is -2.31. The van der Waals surface area contributed by atoms with Gasteiger partial charge >= 0.3 is 66.5 Å². The van der Waals surface area contributed by atoms with Crippen molar-refractivity contribution in [3.63, 3.8) is 0 Å². The molecule has 0 rings (SSSR count). The zero-order valence-electron chi connectivity index (χ0n) is 4.52. The van der Waals surface area contributed by atoms with Crippen LogP contribution in [-0.4, -0.2) is 28.1 Å². The van der Waals surface area contributed by atoms with Crippen molar-refractivity contribution >= 4 is 2.84 Å². The molecule has 51 valence electrons. The van der Waals surface area contributed by atoms with E-state index >= 15 is 0 Å². The van der Waals surface area contributed by atoms with E-state index in [0.29, 0.717) is 0 Å². The number of carbonyl (C=O) groups excluding carboxylic acids is 1.